The summed E-state index contributed by atoms with van der Waals surface area (Å²) in [5.41, 5.74) is -0.0202. The standard InChI is InChI=1S/C12H13F2NO2S/c13-8-3-4-9(14)12-11(8)10(15-7-1-2-7)5-6-18(12,16)17/h3-4,7,10,15H,1-2,5-6H2. The quantitative estimate of drug-likeness (QED) is 0.895. The minimum absolute atomic E-state index is 0.0202. The molecule has 1 N–H and O–H groups in total. The molecule has 0 amide bonds. The van der Waals surface area contributed by atoms with Gasteiger partial charge in [0.05, 0.1) is 5.75 Å². The first-order valence-electron chi connectivity index (χ1n) is 5.96. The first-order valence-corrected chi connectivity index (χ1v) is 7.61. The zero-order valence-corrected chi connectivity index (χ0v) is 10.4. The van der Waals surface area contributed by atoms with Gasteiger partial charge in [0.15, 0.2) is 9.84 Å². The first kappa shape index (κ1) is 12.0. The number of hydrogen-bond acceptors (Lipinski definition) is 3. The Balaban J connectivity index is 2.14. The molecule has 18 heavy (non-hydrogen) atoms. The normalized spacial score (nSPS) is 25.8. The van der Waals surface area contributed by atoms with Crippen molar-refractivity contribution in [3.05, 3.63) is 29.3 Å². The molecule has 6 heteroatoms. The van der Waals surface area contributed by atoms with Gasteiger partial charge in [0.2, 0.25) is 0 Å². The second kappa shape index (κ2) is 3.99. The number of hydrogen-bond donors (Lipinski definition) is 1. The smallest absolute Gasteiger partial charge is 0.181 e. The summed E-state index contributed by atoms with van der Waals surface area (Å²) in [6.45, 7) is 0. The van der Waals surface area contributed by atoms with Crippen molar-refractivity contribution in [1.82, 2.24) is 5.32 Å². The lowest BCUT2D eigenvalue weighted by atomic mass is 10.0. The average molecular weight is 273 g/mol. The Hall–Kier alpha value is -1.01. The summed E-state index contributed by atoms with van der Waals surface area (Å²) < 4.78 is 51.3. The van der Waals surface area contributed by atoms with Crippen LogP contribution in [0.2, 0.25) is 0 Å². The van der Waals surface area contributed by atoms with E-state index in [4.69, 9.17) is 0 Å². The summed E-state index contributed by atoms with van der Waals surface area (Å²) in [6.07, 6.45) is 2.32. The number of nitrogens with one attached hydrogen (secondary N) is 1. The monoisotopic (exact) mass is 273 g/mol. The number of benzene rings is 1. The fourth-order valence-corrected chi connectivity index (χ4v) is 4.10. The van der Waals surface area contributed by atoms with E-state index >= 15 is 0 Å². The van der Waals surface area contributed by atoms with Crippen molar-refractivity contribution < 1.29 is 17.2 Å². The van der Waals surface area contributed by atoms with Gasteiger partial charge in [-0.25, -0.2) is 17.2 Å². The van der Waals surface area contributed by atoms with E-state index in [1.165, 1.54) is 0 Å². The molecule has 3 nitrogen and oxygen atoms in total. The van der Waals surface area contributed by atoms with Gasteiger partial charge in [0, 0.05) is 17.6 Å². The van der Waals surface area contributed by atoms with Crippen LogP contribution >= 0.6 is 0 Å². The maximum absolute atomic E-state index is 13.8. The minimum Gasteiger partial charge on any atom is -0.307 e. The molecule has 0 aromatic heterocycles. The molecule has 1 heterocycles. The Kier molecular flexibility index (Phi) is 2.67. The largest absolute Gasteiger partial charge is 0.307 e. The summed E-state index contributed by atoms with van der Waals surface area (Å²) in [4.78, 5) is -0.452. The fraction of sp³-hybridized carbons (Fsp3) is 0.500. The van der Waals surface area contributed by atoms with Crippen LogP contribution in [0, 0.1) is 11.6 Å². The average Bonchev–Trinajstić information content (AvgIpc) is 3.10. The number of sulfone groups is 1. The lowest BCUT2D eigenvalue weighted by molar-refractivity contribution is 0.447. The van der Waals surface area contributed by atoms with Gasteiger partial charge in [0.1, 0.15) is 16.5 Å². The highest BCUT2D eigenvalue weighted by Crippen LogP contribution is 2.37. The highest BCUT2D eigenvalue weighted by Gasteiger charge is 2.37. The van der Waals surface area contributed by atoms with E-state index in [1.807, 2.05) is 0 Å². The van der Waals surface area contributed by atoms with Crippen molar-refractivity contribution in [2.24, 2.45) is 0 Å². The van der Waals surface area contributed by atoms with Crippen molar-refractivity contribution in [3.63, 3.8) is 0 Å². The van der Waals surface area contributed by atoms with Crippen LogP contribution in [0.5, 0.6) is 0 Å². The summed E-state index contributed by atoms with van der Waals surface area (Å²) in [5.74, 6) is -1.63. The van der Waals surface area contributed by atoms with Crippen molar-refractivity contribution in [1.29, 1.82) is 0 Å². The minimum atomic E-state index is -3.70. The Morgan fingerprint density at radius 3 is 2.44 bits per heavy atom. The van der Waals surface area contributed by atoms with Crippen LogP contribution in [0.25, 0.3) is 0 Å². The topological polar surface area (TPSA) is 46.2 Å². The van der Waals surface area contributed by atoms with E-state index in [2.05, 4.69) is 5.32 Å². The molecule has 0 spiro atoms. The lowest BCUT2D eigenvalue weighted by Gasteiger charge is -2.27. The SMILES string of the molecule is O=S1(=O)CCC(NC2CC2)c2c(F)ccc(F)c21. The zero-order chi connectivity index (χ0) is 12.9. The Morgan fingerprint density at radius 2 is 1.78 bits per heavy atom. The van der Waals surface area contributed by atoms with Gasteiger partial charge in [-0.3, -0.25) is 0 Å². The van der Waals surface area contributed by atoms with Gasteiger partial charge >= 0.3 is 0 Å². The molecule has 1 aromatic carbocycles. The van der Waals surface area contributed by atoms with Gasteiger partial charge in [-0.2, -0.15) is 0 Å². The molecular weight excluding hydrogens is 260 g/mol. The molecule has 0 radical (unpaired) electrons. The van der Waals surface area contributed by atoms with E-state index in [0.717, 1.165) is 25.0 Å². The molecule has 3 rings (SSSR count). The molecule has 1 aliphatic heterocycles. The van der Waals surface area contributed by atoms with Crippen LogP contribution < -0.4 is 5.32 Å². The van der Waals surface area contributed by atoms with Gasteiger partial charge in [-0.1, -0.05) is 0 Å². The lowest BCUT2D eigenvalue weighted by Crippen LogP contribution is -2.32. The summed E-state index contributed by atoms with van der Waals surface area (Å²) in [7, 11) is -3.70. The van der Waals surface area contributed by atoms with Gasteiger partial charge < -0.3 is 5.32 Å². The molecule has 1 unspecified atom stereocenters. The third-order valence-electron chi connectivity index (χ3n) is 3.44. The van der Waals surface area contributed by atoms with Crippen molar-refractivity contribution in [2.45, 2.75) is 36.2 Å². The highest BCUT2D eigenvalue weighted by atomic mass is 32.2. The van der Waals surface area contributed by atoms with Crippen LogP contribution in [0.15, 0.2) is 17.0 Å². The van der Waals surface area contributed by atoms with Crippen LogP contribution in [-0.2, 0) is 9.84 Å². The van der Waals surface area contributed by atoms with E-state index in [1.54, 1.807) is 0 Å². The molecule has 1 fully saturated rings. The van der Waals surface area contributed by atoms with E-state index in [-0.39, 0.29) is 11.3 Å². The molecule has 0 bridgehead atoms. The molecule has 1 saturated carbocycles. The molecule has 98 valence electrons. The van der Waals surface area contributed by atoms with Crippen molar-refractivity contribution in [2.75, 3.05) is 5.75 Å². The third kappa shape index (κ3) is 1.93. The maximum atomic E-state index is 13.8. The van der Waals surface area contributed by atoms with Gasteiger partial charge in [-0.15, -0.1) is 0 Å². The highest BCUT2D eigenvalue weighted by molar-refractivity contribution is 7.91. The second-order valence-electron chi connectivity index (χ2n) is 4.87. The fourth-order valence-electron chi connectivity index (χ4n) is 2.41. The van der Waals surface area contributed by atoms with E-state index in [9.17, 15) is 17.2 Å². The number of halogens is 2. The van der Waals surface area contributed by atoms with Crippen molar-refractivity contribution in [3.8, 4) is 0 Å². The molecule has 1 aliphatic carbocycles. The van der Waals surface area contributed by atoms with Crippen molar-refractivity contribution >= 4 is 9.84 Å². The molecule has 0 saturated heterocycles. The predicted octanol–water partition coefficient (Wildman–Crippen LogP) is 1.94. The summed E-state index contributed by atoms with van der Waals surface area (Å²) in [6, 6.07) is 1.79. The zero-order valence-electron chi connectivity index (χ0n) is 9.62. The first-order chi connectivity index (χ1) is 8.49. The predicted molar refractivity (Wildman–Crippen MR) is 61.9 cm³/mol. The Labute approximate surface area is 104 Å². The third-order valence-corrected chi connectivity index (χ3v) is 5.25. The Morgan fingerprint density at radius 1 is 1.11 bits per heavy atom. The molecule has 2 aliphatic rings. The van der Waals surface area contributed by atoms with Crippen LogP contribution in [0.3, 0.4) is 0 Å². The second-order valence-corrected chi connectivity index (χ2v) is 6.92. The van der Waals surface area contributed by atoms with Crippen LogP contribution in [0.1, 0.15) is 30.9 Å². The summed E-state index contributed by atoms with van der Waals surface area (Å²) >= 11 is 0. The van der Waals surface area contributed by atoms with E-state index in [0.29, 0.717) is 12.5 Å². The number of rotatable bonds is 2. The summed E-state index contributed by atoms with van der Waals surface area (Å²) in [5, 5.41) is 3.18. The maximum Gasteiger partial charge on any atom is 0.181 e. The van der Waals surface area contributed by atoms with Crippen LogP contribution in [-0.4, -0.2) is 20.2 Å². The molecular formula is C12H13F2NO2S. The van der Waals surface area contributed by atoms with E-state index < -0.39 is 32.4 Å². The van der Waals surface area contributed by atoms with Crippen LogP contribution in [0.4, 0.5) is 8.78 Å². The Bertz CT molecular complexity index is 596. The molecule has 1 aromatic rings. The van der Waals surface area contributed by atoms with Gasteiger partial charge in [0.25, 0.3) is 0 Å². The van der Waals surface area contributed by atoms with Gasteiger partial charge in [-0.05, 0) is 31.4 Å². The molecule has 1 atom stereocenters. The number of fused-ring (bicyclic) bond motifs is 1.